The highest BCUT2D eigenvalue weighted by Crippen LogP contribution is 2.29. The van der Waals surface area contributed by atoms with Gasteiger partial charge in [-0.25, -0.2) is 0 Å². The second kappa shape index (κ2) is 6.27. The van der Waals surface area contributed by atoms with E-state index in [0.29, 0.717) is 16.7 Å². The Morgan fingerprint density at radius 2 is 0.667 bits per heavy atom. The highest BCUT2D eigenvalue weighted by atomic mass is 16.1. The largest absolute Gasteiger partial charge is 0.294 e. The molecule has 0 saturated heterocycles. The summed E-state index contributed by atoms with van der Waals surface area (Å²) in [5.41, 5.74) is -0.469. The second-order valence-electron chi connectivity index (χ2n) is 9.54. The standard InChI is InChI=1S/C21H30O3/c1-19(2,3)16(22)13-10-14(17(23)20(4,5)6)12-15(11-13)18(24)21(7,8)9/h10-12H,1-9H3. The van der Waals surface area contributed by atoms with E-state index in [0.717, 1.165) is 0 Å². The molecule has 0 aliphatic rings. The summed E-state index contributed by atoms with van der Waals surface area (Å²) in [5.74, 6) is -0.225. The van der Waals surface area contributed by atoms with E-state index >= 15 is 0 Å². The summed E-state index contributed by atoms with van der Waals surface area (Å²) in [5, 5.41) is 0. The molecule has 3 nitrogen and oxygen atoms in total. The van der Waals surface area contributed by atoms with Crippen LogP contribution in [0.2, 0.25) is 0 Å². The molecule has 0 atom stereocenters. The number of benzene rings is 1. The Bertz CT molecular complexity index is 567. The molecule has 0 aromatic heterocycles. The summed E-state index contributed by atoms with van der Waals surface area (Å²) in [6.07, 6.45) is 0. The third-order valence-electron chi connectivity index (χ3n) is 3.76. The van der Waals surface area contributed by atoms with Gasteiger partial charge in [-0.1, -0.05) is 62.3 Å². The van der Waals surface area contributed by atoms with Crippen LogP contribution in [0.1, 0.15) is 93.4 Å². The van der Waals surface area contributed by atoms with Crippen LogP contribution in [-0.4, -0.2) is 17.3 Å². The zero-order chi connectivity index (χ0) is 19.1. The summed E-state index contributed by atoms with van der Waals surface area (Å²) in [6.45, 7) is 16.5. The second-order valence-corrected chi connectivity index (χ2v) is 9.54. The van der Waals surface area contributed by atoms with Crippen molar-refractivity contribution in [2.45, 2.75) is 62.3 Å². The van der Waals surface area contributed by atoms with Crippen LogP contribution in [0.25, 0.3) is 0 Å². The average Bonchev–Trinajstić information content (AvgIpc) is 2.41. The van der Waals surface area contributed by atoms with Crippen LogP contribution in [0.4, 0.5) is 0 Å². The monoisotopic (exact) mass is 330 g/mol. The van der Waals surface area contributed by atoms with Gasteiger partial charge < -0.3 is 0 Å². The first-order valence-corrected chi connectivity index (χ1v) is 8.34. The van der Waals surface area contributed by atoms with Crippen molar-refractivity contribution in [3.05, 3.63) is 34.9 Å². The Balaban J connectivity index is 3.60. The van der Waals surface area contributed by atoms with E-state index in [-0.39, 0.29) is 17.3 Å². The van der Waals surface area contributed by atoms with E-state index in [1.54, 1.807) is 18.2 Å². The molecule has 1 aromatic rings. The molecule has 0 aliphatic carbocycles. The Morgan fingerprint density at radius 1 is 0.500 bits per heavy atom. The van der Waals surface area contributed by atoms with Gasteiger partial charge in [0.05, 0.1) is 0 Å². The van der Waals surface area contributed by atoms with Crippen molar-refractivity contribution < 1.29 is 14.4 Å². The van der Waals surface area contributed by atoms with Gasteiger partial charge in [0.1, 0.15) is 0 Å². The highest BCUT2D eigenvalue weighted by Gasteiger charge is 2.30. The van der Waals surface area contributed by atoms with Crippen LogP contribution >= 0.6 is 0 Å². The topological polar surface area (TPSA) is 51.2 Å². The highest BCUT2D eigenvalue weighted by molar-refractivity contribution is 6.09. The van der Waals surface area contributed by atoms with E-state index in [2.05, 4.69) is 0 Å². The lowest BCUT2D eigenvalue weighted by molar-refractivity contribution is 0.0853. The van der Waals surface area contributed by atoms with Crippen LogP contribution in [0.3, 0.4) is 0 Å². The van der Waals surface area contributed by atoms with E-state index in [1.807, 2.05) is 62.3 Å². The van der Waals surface area contributed by atoms with E-state index < -0.39 is 16.2 Å². The molecule has 0 unspecified atom stereocenters. The fourth-order valence-electron chi connectivity index (χ4n) is 2.32. The molecule has 0 radical (unpaired) electrons. The molecule has 0 saturated carbocycles. The number of carbonyl (C=O) groups is 3. The Hall–Kier alpha value is -1.77. The molecule has 0 N–H and O–H groups in total. The van der Waals surface area contributed by atoms with Gasteiger partial charge in [-0.2, -0.15) is 0 Å². The fraction of sp³-hybridized carbons (Fsp3) is 0.571. The summed E-state index contributed by atoms with van der Waals surface area (Å²) >= 11 is 0. The first-order chi connectivity index (χ1) is 10.5. The molecule has 0 amide bonds. The molecule has 1 aromatic carbocycles. The van der Waals surface area contributed by atoms with Crippen LogP contribution in [-0.2, 0) is 0 Å². The molecule has 1 rings (SSSR count). The van der Waals surface area contributed by atoms with Gasteiger partial charge >= 0.3 is 0 Å². The summed E-state index contributed by atoms with van der Waals surface area (Å²) in [4.78, 5) is 38.1. The normalized spacial score (nSPS) is 12.9. The molecular weight excluding hydrogens is 300 g/mol. The molecule has 0 fully saturated rings. The Kier molecular flexibility index (Phi) is 5.30. The number of Topliss-reactive ketones (excluding diaryl/α,β-unsaturated/α-hetero) is 3. The maximum Gasteiger partial charge on any atom is 0.168 e. The van der Waals surface area contributed by atoms with Gasteiger partial charge in [-0.05, 0) is 18.2 Å². The van der Waals surface area contributed by atoms with Crippen LogP contribution in [0.5, 0.6) is 0 Å². The van der Waals surface area contributed by atoms with Crippen molar-refractivity contribution in [1.82, 2.24) is 0 Å². The lowest BCUT2D eigenvalue weighted by atomic mass is 9.79. The van der Waals surface area contributed by atoms with Gasteiger partial charge in [0.2, 0.25) is 0 Å². The Morgan fingerprint density at radius 3 is 0.792 bits per heavy atom. The molecule has 24 heavy (non-hydrogen) atoms. The number of hydrogen-bond donors (Lipinski definition) is 0. The molecule has 0 aliphatic heterocycles. The zero-order valence-electron chi connectivity index (χ0n) is 16.5. The predicted octanol–water partition coefficient (Wildman–Crippen LogP) is 5.37. The minimum atomic E-state index is -0.578. The first-order valence-electron chi connectivity index (χ1n) is 8.34. The van der Waals surface area contributed by atoms with Crippen molar-refractivity contribution in [2.75, 3.05) is 0 Å². The van der Waals surface area contributed by atoms with Crippen LogP contribution < -0.4 is 0 Å². The average molecular weight is 330 g/mol. The van der Waals surface area contributed by atoms with Crippen LogP contribution in [0, 0.1) is 16.2 Å². The van der Waals surface area contributed by atoms with E-state index in [1.165, 1.54) is 0 Å². The maximum atomic E-state index is 12.7. The Labute approximate surface area is 145 Å². The van der Waals surface area contributed by atoms with Gasteiger partial charge in [0.15, 0.2) is 17.3 Å². The number of hydrogen-bond acceptors (Lipinski definition) is 3. The van der Waals surface area contributed by atoms with Crippen molar-refractivity contribution >= 4 is 17.3 Å². The molecule has 3 heteroatoms. The van der Waals surface area contributed by atoms with Gasteiger partial charge in [0.25, 0.3) is 0 Å². The molecule has 0 bridgehead atoms. The quantitative estimate of drug-likeness (QED) is 0.700. The summed E-state index contributed by atoms with van der Waals surface area (Å²) < 4.78 is 0. The lowest BCUT2D eigenvalue weighted by Crippen LogP contribution is -2.26. The third-order valence-corrected chi connectivity index (χ3v) is 3.76. The van der Waals surface area contributed by atoms with Gasteiger partial charge in [-0.15, -0.1) is 0 Å². The molecule has 132 valence electrons. The van der Waals surface area contributed by atoms with Gasteiger partial charge in [0, 0.05) is 32.9 Å². The lowest BCUT2D eigenvalue weighted by Gasteiger charge is -2.22. The van der Waals surface area contributed by atoms with Gasteiger partial charge in [-0.3, -0.25) is 14.4 Å². The van der Waals surface area contributed by atoms with Crippen LogP contribution in [0.15, 0.2) is 18.2 Å². The summed E-state index contributed by atoms with van der Waals surface area (Å²) in [7, 11) is 0. The minimum absolute atomic E-state index is 0.0750. The molecule has 0 spiro atoms. The van der Waals surface area contributed by atoms with E-state index in [4.69, 9.17) is 0 Å². The van der Waals surface area contributed by atoms with E-state index in [9.17, 15) is 14.4 Å². The van der Waals surface area contributed by atoms with Crippen molar-refractivity contribution in [2.24, 2.45) is 16.2 Å². The maximum absolute atomic E-state index is 12.7. The van der Waals surface area contributed by atoms with Crippen molar-refractivity contribution in [3.63, 3.8) is 0 Å². The number of carbonyl (C=O) groups excluding carboxylic acids is 3. The minimum Gasteiger partial charge on any atom is -0.294 e. The third kappa shape index (κ3) is 4.62. The number of rotatable bonds is 3. The predicted molar refractivity (Wildman–Crippen MR) is 97.8 cm³/mol. The number of ketones is 3. The van der Waals surface area contributed by atoms with Crippen molar-refractivity contribution in [3.8, 4) is 0 Å². The smallest absolute Gasteiger partial charge is 0.168 e. The first kappa shape index (κ1) is 20.3. The zero-order valence-corrected chi connectivity index (χ0v) is 16.5. The fourth-order valence-corrected chi connectivity index (χ4v) is 2.32. The van der Waals surface area contributed by atoms with Crippen molar-refractivity contribution in [1.29, 1.82) is 0 Å². The SMILES string of the molecule is CC(C)(C)C(=O)c1cc(C(=O)C(C)(C)C)cc(C(=O)C(C)(C)C)c1. The molecular formula is C21H30O3. The molecule has 0 heterocycles. The summed E-state index contributed by atoms with van der Waals surface area (Å²) in [6, 6.07) is 4.88.